The van der Waals surface area contributed by atoms with Crippen molar-refractivity contribution in [3.63, 3.8) is 0 Å². The minimum Gasteiger partial charge on any atom is -0.493 e. The van der Waals surface area contributed by atoms with E-state index in [1.54, 1.807) is 0 Å². The van der Waals surface area contributed by atoms with Crippen molar-refractivity contribution in [1.82, 2.24) is 0 Å². The zero-order chi connectivity index (χ0) is 22.4. The molecule has 0 atom stereocenters. The fraction of sp³-hybridized carbons (Fsp3) is 0.679. The van der Waals surface area contributed by atoms with E-state index in [9.17, 15) is 4.79 Å². The van der Waals surface area contributed by atoms with Crippen molar-refractivity contribution in [3.8, 4) is 5.75 Å². The van der Waals surface area contributed by atoms with Gasteiger partial charge in [0.05, 0.1) is 13.2 Å². The highest BCUT2D eigenvalue weighted by Crippen LogP contribution is 2.20. The van der Waals surface area contributed by atoms with Crippen molar-refractivity contribution < 1.29 is 14.3 Å². The van der Waals surface area contributed by atoms with Gasteiger partial charge in [0.15, 0.2) is 0 Å². The number of benzene rings is 1. The monoisotopic (exact) mass is 430 g/mol. The average Bonchev–Trinajstić information content (AvgIpc) is 2.78. The van der Waals surface area contributed by atoms with Gasteiger partial charge in [0, 0.05) is 12.0 Å². The molecule has 0 saturated heterocycles. The lowest BCUT2D eigenvalue weighted by Gasteiger charge is -2.09. The maximum atomic E-state index is 11.6. The molecular formula is C28H46O3. The van der Waals surface area contributed by atoms with Crippen molar-refractivity contribution in [1.29, 1.82) is 0 Å². The summed E-state index contributed by atoms with van der Waals surface area (Å²) in [5, 5.41) is 0. The summed E-state index contributed by atoms with van der Waals surface area (Å²) in [6.07, 6.45) is 22.0. The van der Waals surface area contributed by atoms with E-state index in [0.29, 0.717) is 19.6 Å². The van der Waals surface area contributed by atoms with E-state index in [4.69, 9.17) is 9.47 Å². The number of para-hydroxylation sites is 1. The van der Waals surface area contributed by atoms with Crippen LogP contribution in [0, 0.1) is 0 Å². The van der Waals surface area contributed by atoms with E-state index < -0.39 is 0 Å². The molecule has 1 aromatic carbocycles. The quantitative estimate of drug-likeness (QED) is 0.154. The molecule has 0 aromatic heterocycles. The van der Waals surface area contributed by atoms with Crippen LogP contribution in [0.25, 0.3) is 6.08 Å². The lowest BCUT2D eigenvalue weighted by Crippen LogP contribution is -2.06. The van der Waals surface area contributed by atoms with Gasteiger partial charge < -0.3 is 9.47 Å². The summed E-state index contributed by atoms with van der Waals surface area (Å²) in [6, 6.07) is 8.19. The molecule has 0 aliphatic heterocycles. The van der Waals surface area contributed by atoms with Crippen molar-refractivity contribution in [3.05, 3.63) is 35.9 Å². The molecule has 1 rings (SSSR count). The van der Waals surface area contributed by atoms with Crippen LogP contribution >= 0.6 is 0 Å². The standard InChI is InChI=1S/C28H46O3/c1-3-5-7-8-9-10-11-12-13-14-15-20-26-21-16-17-22-27(26)30-25-19-18-23-28(29)31-24-6-4-2/h15-17,20-22H,3-14,18-19,23-25H2,1-2H3/b20-15+. The molecule has 3 heteroatoms. The Labute approximate surface area is 191 Å². The van der Waals surface area contributed by atoms with Crippen molar-refractivity contribution in [2.45, 2.75) is 110 Å². The second-order valence-corrected chi connectivity index (χ2v) is 8.44. The highest BCUT2D eigenvalue weighted by Gasteiger charge is 2.03. The van der Waals surface area contributed by atoms with E-state index in [2.05, 4.69) is 38.1 Å². The molecule has 0 N–H and O–H groups in total. The van der Waals surface area contributed by atoms with Crippen LogP contribution in [0.1, 0.15) is 116 Å². The summed E-state index contributed by atoms with van der Waals surface area (Å²) >= 11 is 0. The van der Waals surface area contributed by atoms with Gasteiger partial charge in [-0.05, 0) is 38.2 Å². The largest absolute Gasteiger partial charge is 0.493 e. The molecule has 3 nitrogen and oxygen atoms in total. The summed E-state index contributed by atoms with van der Waals surface area (Å²) in [5.41, 5.74) is 1.14. The topological polar surface area (TPSA) is 35.5 Å². The first-order chi connectivity index (χ1) is 15.3. The smallest absolute Gasteiger partial charge is 0.305 e. The molecule has 0 saturated carbocycles. The van der Waals surface area contributed by atoms with Crippen LogP contribution in [0.15, 0.2) is 30.3 Å². The molecule has 1 aromatic rings. The summed E-state index contributed by atoms with van der Waals surface area (Å²) in [7, 11) is 0. The third kappa shape index (κ3) is 15.6. The summed E-state index contributed by atoms with van der Waals surface area (Å²) in [4.78, 5) is 11.6. The summed E-state index contributed by atoms with van der Waals surface area (Å²) in [6.45, 7) is 5.54. The van der Waals surface area contributed by atoms with Crippen LogP contribution in [-0.4, -0.2) is 19.2 Å². The average molecular weight is 431 g/mol. The molecule has 0 fully saturated rings. The third-order valence-corrected chi connectivity index (χ3v) is 5.48. The Kier molecular flexibility index (Phi) is 17.7. The van der Waals surface area contributed by atoms with E-state index >= 15 is 0 Å². The SMILES string of the molecule is CCCCCCCCCCC/C=C/c1ccccc1OCCCCC(=O)OCCCC. The molecule has 0 unspecified atom stereocenters. The second kappa shape index (κ2) is 20.2. The maximum absolute atomic E-state index is 11.6. The van der Waals surface area contributed by atoms with Gasteiger partial charge in [0.25, 0.3) is 0 Å². The van der Waals surface area contributed by atoms with Crippen LogP contribution in [0.5, 0.6) is 5.75 Å². The molecule has 176 valence electrons. The normalized spacial score (nSPS) is 11.2. The highest BCUT2D eigenvalue weighted by molar-refractivity contribution is 5.69. The van der Waals surface area contributed by atoms with Crippen LogP contribution in [-0.2, 0) is 9.53 Å². The zero-order valence-corrected chi connectivity index (χ0v) is 20.2. The molecule has 0 heterocycles. The molecule has 31 heavy (non-hydrogen) atoms. The third-order valence-electron chi connectivity index (χ3n) is 5.48. The molecule has 0 radical (unpaired) electrons. The number of ether oxygens (including phenoxy) is 2. The van der Waals surface area contributed by atoms with Gasteiger partial charge in [-0.25, -0.2) is 0 Å². The van der Waals surface area contributed by atoms with Gasteiger partial charge in [-0.2, -0.15) is 0 Å². The summed E-state index contributed by atoms with van der Waals surface area (Å²) < 4.78 is 11.1. The van der Waals surface area contributed by atoms with Crippen LogP contribution in [0.2, 0.25) is 0 Å². The number of carbonyl (C=O) groups excluding carboxylic acids is 1. The number of carbonyl (C=O) groups is 1. The lowest BCUT2D eigenvalue weighted by atomic mass is 10.1. The van der Waals surface area contributed by atoms with E-state index in [1.807, 2.05) is 12.1 Å². The van der Waals surface area contributed by atoms with Gasteiger partial charge in [-0.15, -0.1) is 0 Å². The van der Waals surface area contributed by atoms with Gasteiger partial charge in [0.1, 0.15) is 5.75 Å². The summed E-state index contributed by atoms with van der Waals surface area (Å²) in [5.74, 6) is 0.838. The maximum Gasteiger partial charge on any atom is 0.305 e. The Morgan fingerprint density at radius 2 is 1.45 bits per heavy atom. The van der Waals surface area contributed by atoms with Crippen LogP contribution in [0.4, 0.5) is 0 Å². The molecule has 0 aliphatic carbocycles. The Balaban J connectivity index is 2.14. The minimum absolute atomic E-state index is 0.0896. The molecule has 0 spiro atoms. The Morgan fingerprint density at radius 3 is 2.19 bits per heavy atom. The molecule has 0 amide bonds. The molecule has 0 bridgehead atoms. The van der Waals surface area contributed by atoms with Gasteiger partial charge in [-0.3, -0.25) is 4.79 Å². The first kappa shape index (κ1) is 27.3. The number of unbranched alkanes of at least 4 members (excludes halogenated alkanes) is 11. The first-order valence-electron chi connectivity index (χ1n) is 12.8. The molecule has 0 aliphatic rings. The molecular weight excluding hydrogens is 384 g/mol. The number of hydrogen-bond donors (Lipinski definition) is 0. The van der Waals surface area contributed by atoms with E-state index in [1.165, 1.54) is 57.8 Å². The number of allylic oxidation sites excluding steroid dienone is 1. The Morgan fingerprint density at radius 1 is 0.774 bits per heavy atom. The predicted octanol–water partition coefficient (Wildman–Crippen LogP) is 8.51. The van der Waals surface area contributed by atoms with Gasteiger partial charge in [0.2, 0.25) is 0 Å². The van der Waals surface area contributed by atoms with E-state index in [-0.39, 0.29) is 5.97 Å². The number of hydrogen-bond acceptors (Lipinski definition) is 3. The highest BCUT2D eigenvalue weighted by atomic mass is 16.5. The van der Waals surface area contributed by atoms with Crippen molar-refractivity contribution in [2.75, 3.05) is 13.2 Å². The fourth-order valence-electron chi connectivity index (χ4n) is 3.49. The van der Waals surface area contributed by atoms with Crippen molar-refractivity contribution >= 4 is 12.0 Å². The van der Waals surface area contributed by atoms with E-state index in [0.717, 1.165) is 43.4 Å². The Bertz CT molecular complexity index is 579. The van der Waals surface area contributed by atoms with Crippen LogP contribution < -0.4 is 4.74 Å². The van der Waals surface area contributed by atoms with Crippen molar-refractivity contribution in [2.24, 2.45) is 0 Å². The minimum atomic E-state index is -0.0896. The zero-order valence-electron chi connectivity index (χ0n) is 20.2. The fourth-order valence-corrected chi connectivity index (χ4v) is 3.49. The Hall–Kier alpha value is -1.77. The van der Waals surface area contributed by atoms with Gasteiger partial charge in [-0.1, -0.05) is 102 Å². The lowest BCUT2D eigenvalue weighted by molar-refractivity contribution is -0.143. The second-order valence-electron chi connectivity index (χ2n) is 8.44. The van der Waals surface area contributed by atoms with Crippen LogP contribution in [0.3, 0.4) is 0 Å². The first-order valence-corrected chi connectivity index (χ1v) is 12.8. The van der Waals surface area contributed by atoms with Gasteiger partial charge >= 0.3 is 5.97 Å². The predicted molar refractivity (Wildman–Crippen MR) is 133 cm³/mol. The number of rotatable bonds is 20. The number of esters is 1.